The molecule has 0 bridgehead atoms. The summed E-state index contributed by atoms with van der Waals surface area (Å²) < 4.78 is 4.83. The van der Waals surface area contributed by atoms with Gasteiger partial charge in [-0.3, -0.25) is 4.57 Å². The second-order valence-corrected chi connectivity index (χ2v) is 13.7. The van der Waals surface area contributed by atoms with Crippen LogP contribution in [0, 0.1) is 0 Å². The monoisotopic (exact) mass is 655 g/mol. The Bertz CT molecular complexity index is 2860. The molecule has 10 aromatic rings. The van der Waals surface area contributed by atoms with Gasteiger partial charge in [0.1, 0.15) is 0 Å². The second-order valence-electron chi connectivity index (χ2n) is 12.6. The molecule has 50 heavy (non-hydrogen) atoms. The Morgan fingerprint density at radius 1 is 0.420 bits per heavy atom. The van der Waals surface area contributed by atoms with Crippen LogP contribution < -0.4 is 0 Å². The van der Waals surface area contributed by atoms with Crippen molar-refractivity contribution in [1.82, 2.24) is 14.5 Å². The molecule has 0 N–H and O–H groups in total. The predicted octanol–water partition coefficient (Wildman–Crippen LogP) is 12.6. The molecule has 4 heteroatoms. The molecular formula is C46H29N3S. The Kier molecular flexibility index (Phi) is 6.68. The quantitative estimate of drug-likeness (QED) is 0.185. The third kappa shape index (κ3) is 4.73. The molecule has 10 rings (SSSR count). The van der Waals surface area contributed by atoms with E-state index in [1.807, 2.05) is 23.6 Å². The molecule has 0 unspecified atom stereocenters. The van der Waals surface area contributed by atoms with Gasteiger partial charge in [0.15, 0.2) is 0 Å². The highest BCUT2D eigenvalue weighted by Crippen LogP contribution is 2.41. The number of hydrogen-bond donors (Lipinski definition) is 0. The zero-order valence-electron chi connectivity index (χ0n) is 27.0. The first kappa shape index (κ1) is 28.6. The number of fused-ring (bicyclic) bond motifs is 6. The summed E-state index contributed by atoms with van der Waals surface area (Å²) in [6.07, 6.45) is 1.88. The molecule has 234 valence electrons. The van der Waals surface area contributed by atoms with Crippen LogP contribution in [0.3, 0.4) is 0 Å². The van der Waals surface area contributed by atoms with Gasteiger partial charge < -0.3 is 0 Å². The molecule has 3 aromatic heterocycles. The number of aromatic nitrogens is 3. The Morgan fingerprint density at radius 2 is 1.06 bits per heavy atom. The van der Waals surface area contributed by atoms with Gasteiger partial charge in [-0.2, -0.15) is 0 Å². The molecule has 0 saturated carbocycles. The minimum absolute atomic E-state index is 0.656. The molecule has 3 heterocycles. The van der Waals surface area contributed by atoms with Gasteiger partial charge >= 0.3 is 0 Å². The van der Waals surface area contributed by atoms with Crippen molar-refractivity contribution in [3.05, 3.63) is 176 Å². The van der Waals surface area contributed by atoms with Gasteiger partial charge in [-0.25, -0.2) is 9.97 Å². The molecule has 7 aromatic carbocycles. The summed E-state index contributed by atoms with van der Waals surface area (Å²) in [7, 11) is 0. The van der Waals surface area contributed by atoms with Crippen LogP contribution in [0.5, 0.6) is 0 Å². The number of hydrogen-bond acceptors (Lipinski definition) is 3. The third-order valence-corrected chi connectivity index (χ3v) is 10.9. The van der Waals surface area contributed by atoms with Crippen molar-refractivity contribution in [2.24, 2.45) is 0 Å². The van der Waals surface area contributed by atoms with Crippen molar-refractivity contribution in [1.29, 1.82) is 0 Å². The SMILES string of the molecule is c1ccc(-c2ccc(-c3cccc(-c4ccnc(-n5c6ccccc6c6ccc(-c7cccc8c7sc7ccccc78)cc65)n4)c3)cc2)cc1. The summed E-state index contributed by atoms with van der Waals surface area (Å²) in [5, 5.41) is 4.98. The van der Waals surface area contributed by atoms with Crippen molar-refractivity contribution >= 4 is 53.3 Å². The molecule has 0 amide bonds. The van der Waals surface area contributed by atoms with Crippen LogP contribution in [0.1, 0.15) is 0 Å². The number of benzene rings is 7. The summed E-state index contributed by atoms with van der Waals surface area (Å²) in [5.41, 5.74) is 11.3. The summed E-state index contributed by atoms with van der Waals surface area (Å²) >= 11 is 1.86. The maximum atomic E-state index is 5.21. The van der Waals surface area contributed by atoms with Crippen LogP contribution in [0.2, 0.25) is 0 Å². The van der Waals surface area contributed by atoms with Crippen LogP contribution >= 0.6 is 11.3 Å². The van der Waals surface area contributed by atoms with E-state index in [0.29, 0.717) is 5.95 Å². The van der Waals surface area contributed by atoms with E-state index in [1.54, 1.807) is 0 Å². The average molecular weight is 656 g/mol. The summed E-state index contributed by atoms with van der Waals surface area (Å²) in [6.45, 7) is 0. The van der Waals surface area contributed by atoms with Gasteiger partial charge in [0.05, 0.1) is 16.7 Å². The Hall–Kier alpha value is -6.36. The summed E-state index contributed by atoms with van der Waals surface area (Å²) in [6, 6.07) is 60.6. The standard InChI is InChI=1S/C46H29N3S/c1-2-10-30(11-3-1)31-20-22-32(23-21-31)33-12-8-13-35(28-33)41-26-27-47-46(48-41)49-42-18-6-4-14-37(42)38-25-24-34(29-43(38)49)36-16-9-17-40-39-15-5-7-19-44(39)50-45(36)40/h1-29H. The predicted molar refractivity (Wildman–Crippen MR) is 211 cm³/mol. The fraction of sp³-hybridized carbons (Fsp3) is 0. The highest BCUT2D eigenvalue weighted by molar-refractivity contribution is 7.26. The van der Waals surface area contributed by atoms with Gasteiger partial charge in [-0.1, -0.05) is 140 Å². The van der Waals surface area contributed by atoms with E-state index in [2.05, 4.69) is 168 Å². The maximum Gasteiger partial charge on any atom is 0.235 e. The topological polar surface area (TPSA) is 30.7 Å². The lowest BCUT2D eigenvalue weighted by Crippen LogP contribution is -2.01. The van der Waals surface area contributed by atoms with Crippen molar-refractivity contribution in [2.45, 2.75) is 0 Å². The van der Waals surface area contributed by atoms with Gasteiger partial charge in [0, 0.05) is 42.7 Å². The molecule has 0 saturated heterocycles. The Balaban J connectivity index is 1.08. The minimum Gasteiger partial charge on any atom is -0.278 e. The normalized spacial score (nSPS) is 11.6. The minimum atomic E-state index is 0.656. The van der Waals surface area contributed by atoms with Gasteiger partial charge in [-0.05, 0) is 63.7 Å². The van der Waals surface area contributed by atoms with Crippen LogP contribution in [0.25, 0.3) is 92.6 Å². The molecule has 0 aliphatic carbocycles. The van der Waals surface area contributed by atoms with E-state index < -0.39 is 0 Å². The Morgan fingerprint density at radius 3 is 1.94 bits per heavy atom. The number of thiophene rings is 1. The lowest BCUT2D eigenvalue weighted by atomic mass is 9.98. The molecule has 0 radical (unpaired) electrons. The van der Waals surface area contributed by atoms with E-state index in [0.717, 1.165) is 27.9 Å². The van der Waals surface area contributed by atoms with E-state index >= 15 is 0 Å². The molecule has 0 aliphatic heterocycles. The molecule has 0 aliphatic rings. The second kappa shape index (κ2) is 11.7. The van der Waals surface area contributed by atoms with E-state index in [1.165, 1.54) is 58.8 Å². The number of rotatable bonds is 5. The molecule has 3 nitrogen and oxygen atoms in total. The van der Waals surface area contributed by atoms with Crippen molar-refractivity contribution in [3.63, 3.8) is 0 Å². The molecule has 0 fully saturated rings. The zero-order chi connectivity index (χ0) is 33.0. The first-order valence-corrected chi connectivity index (χ1v) is 17.6. The van der Waals surface area contributed by atoms with Crippen molar-refractivity contribution in [2.75, 3.05) is 0 Å². The van der Waals surface area contributed by atoms with Crippen LogP contribution in [0.4, 0.5) is 0 Å². The third-order valence-electron chi connectivity index (χ3n) is 9.72. The molecular weight excluding hydrogens is 627 g/mol. The number of para-hydroxylation sites is 1. The first-order valence-electron chi connectivity index (χ1n) is 16.8. The van der Waals surface area contributed by atoms with Crippen LogP contribution in [-0.2, 0) is 0 Å². The average Bonchev–Trinajstić information content (AvgIpc) is 3.74. The lowest BCUT2D eigenvalue weighted by molar-refractivity contribution is 0.992. The smallest absolute Gasteiger partial charge is 0.235 e. The van der Waals surface area contributed by atoms with E-state index in [9.17, 15) is 0 Å². The summed E-state index contributed by atoms with van der Waals surface area (Å²) in [4.78, 5) is 10.1. The zero-order valence-corrected chi connectivity index (χ0v) is 27.8. The lowest BCUT2D eigenvalue weighted by Gasteiger charge is -2.10. The molecule has 0 spiro atoms. The number of nitrogens with zero attached hydrogens (tertiary/aromatic N) is 3. The largest absolute Gasteiger partial charge is 0.278 e. The molecule has 0 atom stereocenters. The van der Waals surface area contributed by atoms with E-state index in [4.69, 9.17) is 9.97 Å². The van der Waals surface area contributed by atoms with Gasteiger partial charge in [0.25, 0.3) is 0 Å². The Labute approximate surface area is 293 Å². The van der Waals surface area contributed by atoms with Crippen LogP contribution in [0.15, 0.2) is 176 Å². The maximum absolute atomic E-state index is 5.21. The summed E-state index contributed by atoms with van der Waals surface area (Å²) in [5.74, 6) is 0.656. The van der Waals surface area contributed by atoms with E-state index in [-0.39, 0.29) is 0 Å². The first-order chi connectivity index (χ1) is 24.8. The van der Waals surface area contributed by atoms with Crippen LogP contribution in [-0.4, -0.2) is 14.5 Å². The highest BCUT2D eigenvalue weighted by atomic mass is 32.1. The fourth-order valence-corrected chi connectivity index (χ4v) is 8.53. The van der Waals surface area contributed by atoms with Crippen molar-refractivity contribution in [3.8, 4) is 50.6 Å². The fourth-order valence-electron chi connectivity index (χ4n) is 7.29. The van der Waals surface area contributed by atoms with Gasteiger partial charge in [-0.15, -0.1) is 11.3 Å². The van der Waals surface area contributed by atoms with Gasteiger partial charge in [0.2, 0.25) is 5.95 Å². The van der Waals surface area contributed by atoms with Crippen molar-refractivity contribution < 1.29 is 0 Å². The highest BCUT2D eigenvalue weighted by Gasteiger charge is 2.17.